The fourth-order valence-corrected chi connectivity index (χ4v) is 6.03. The van der Waals surface area contributed by atoms with E-state index in [1.807, 2.05) is 36.6 Å². The molecule has 2 saturated heterocycles. The van der Waals surface area contributed by atoms with Gasteiger partial charge in [-0.1, -0.05) is 54.6 Å². The molecule has 0 radical (unpaired) electrons. The molecule has 0 spiro atoms. The number of hydrogen-bond donors (Lipinski definition) is 1. The second kappa shape index (κ2) is 8.47. The lowest BCUT2D eigenvalue weighted by Crippen LogP contribution is -2.31. The zero-order valence-electron chi connectivity index (χ0n) is 20.4. The topological polar surface area (TPSA) is 94.8 Å². The first kappa shape index (κ1) is 23.1. The van der Waals surface area contributed by atoms with Crippen molar-refractivity contribution in [3.63, 3.8) is 0 Å². The Morgan fingerprint density at radius 2 is 1.78 bits per heavy atom. The number of aromatic nitrogens is 4. The minimum absolute atomic E-state index is 0.0463. The number of ether oxygens (including phenoxy) is 3. The molecule has 3 aliphatic heterocycles. The maximum absolute atomic E-state index is 9.93. The van der Waals surface area contributed by atoms with Crippen LogP contribution in [0.15, 0.2) is 60.9 Å². The summed E-state index contributed by atoms with van der Waals surface area (Å²) in [5.74, 6) is -0.139. The number of halogens is 1. The highest BCUT2D eigenvalue weighted by Crippen LogP contribution is 2.46. The largest absolute Gasteiger partial charge is 0.394 e. The number of aliphatic hydroxyl groups excluding tert-OH is 1. The first-order chi connectivity index (χ1) is 17.9. The van der Waals surface area contributed by atoms with E-state index in [-0.39, 0.29) is 17.9 Å². The van der Waals surface area contributed by atoms with Crippen LogP contribution in [-0.4, -0.2) is 55.3 Å². The molecule has 7 rings (SSSR count). The second-order valence-corrected chi connectivity index (χ2v) is 10.4. The molecule has 0 saturated carbocycles. The fraction of sp³-hybridized carbons (Fsp3) is 0.370. The molecule has 4 aromatic rings. The van der Waals surface area contributed by atoms with Crippen molar-refractivity contribution >= 4 is 28.6 Å². The summed E-state index contributed by atoms with van der Waals surface area (Å²) >= 11 is 6.53. The molecule has 37 heavy (non-hydrogen) atoms. The van der Waals surface area contributed by atoms with Gasteiger partial charge in [-0.25, -0.2) is 4.98 Å². The van der Waals surface area contributed by atoms with E-state index in [2.05, 4.69) is 51.3 Å². The predicted octanol–water partition coefficient (Wildman–Crippen LogP) is 4.00. The maximum Gasteiger partial charge on any atom is 0.226 e. The van der Waals surface area contributed by atoms with Crippen LogP contribution in [0.1, 0.15) is 42.8 Å². The Labute approximate surface area is 218 Å². The SMILES string of the molecule is CC1(C)OC2[C@@H](O1)[C@@H](CO)O[C@H]2n1cnc2c(N3Cc4ccccc4C3c3ccccc3)nc(Cl)nc21. The Morgan fingerprint density at radius 1 is 1.03 bits per heavy atom. The van der Waals surface area contributed by atoms with E-state index < -0.39 is 30.3 Å². The molecule has 5 heterocycles. The average molecular weight is 520 g/mol. The highest BCUT2D eigenvalue weighted by atomic mass is 35.5. The van der Waals surface area contributed by atoms with Crippen LogP contribution in [0.2, 0.25) is 5.28 Å². The number of hydrogen-bond acceptors (Lipinski definition) is 8. The number of benzene rings is 2. The van der Waals surface area contributed by atoms with E-state index in [0.717, 1.165) is 5.56 Å². The highest BCUT2D eigenvalue weighted by Gasteiger charge is 2.56. The van der Waals surface area contributed by atoms with Crippen LogP contribution in [0.3, 0.4) is 0 Å². The van der Waals surface area contributed by atoms with Crippen LogP contribution in [0.4, 0.5) is 5.82 Å². The van der Waals surface area contributed by atoms with Crippen molar-refractivity contribution in [1.82, 2.24) is 19.5 Å². The van der Waals surface area contributed by atoms with Gasteiger partial charge in [-0.15, -0.1) is 0 Å². The van der Waals surface area contributed by atoms with Crippen LogP contribution >= 0.6 is 11.6 Å². The van der Waals surface area contributed by atoms with Gasteiger partial charge in [0.1, 0.15) is 18.3 Å². The van der Waals surface area contributed by atoms with Gasteiger partial charge in [0, 0.05) is 6.54 Å². The fourth-order valence-electron chi connectivity index (χ4n) is 5.87. The van der Waals surface area contributed by atoms with E-state index in [4.69, 9.17) is 30.8 Å². The van der Waals surface area contributed by atoms with E-state index >= 15 is 0 Å². The van der Waals surface area contributed by atoms with E-state index in [9.17, 15) is 5.11 Å². The monoisotopic (exact) mass is 519 g/mol. The molecule has 3 aliphatic rings. The first-order valence-corrected chi connectivity index (χ1v) is 12.7. The zero-order valence-corrected chi connectivity index (χ0v) is 21.1. The molecule has 2 aromatic heterocycles. The number of rotatable bonds is 4. The van der Waals surface area contributed by atoms with Gasteiger partial charge in [-0.05, 0) is 42.1 Å². The van der Waals surface area contributed by atoms with Gasteiger partial charge in [-0.2, -0.15) is 9.97 Å². The molecule has 10 heteroatoms. The molecule has 0 aliphatic carbocycles. The Kier molecular flexibility index (Phi) is 5.28. The van der Waals surface area contributed by atoms with Crippen LogP contribution < -0.4 is 4.90 Å². The maximum atomic E-state index is 9.93. The van der Waals surface area contributed by atoms with Crippen LogP contribution in [-0.2, 0) is 20.8 Å². The summed E-state index contributed by atoms with van der Waals surface area (Å²) in [6, 6.07) is 18.7. The van der Waals surface area contributed by atoms with E-state index in [1.165, 1.54) is 11.1 Å². The van der Waals surface area contributed by atoms with Gasteiger partial charge < -0.3 is 24.2 Å². The summed E-state index contributed by atoms with van der Waals surface area (Å²) in [6.07, 6.45) is -0.282. The molecule has 2 fully saturated rings. The van der Waals surface area contributed by atoms with Gasteiger partial charge in [0.15, 0.2) is 29.0 Å². The van der Waals surface area contributed by atoms with Crippen molar-refractivity contribution in [2.45, 2.75) is 56.8 Å². The molecular weight excluding hydrogens is 494 g/mol. The minimum Gasteiger partial charge on any atom is -0.394 e. The predicted molar refractivity (Wildman–Crippen MR) is 136 cm³/mol. The number of aliphatic hydroxyl groups is 1. The second-order valence-electron chi connectivity index (χ2n) is 10.1. The van der Waals surface area contributed by atoms with Crippen molar-refractivity contribution in [1.29, 1.82) is 0 Å². The van der Waals surface area contributed by atoms with Crippen LogP contribution in [0, 0.1) is 0 Å². The van der Waals surface area contributed by atoms with Crippen molar-refractivity contribution in [3.8, 4) is 0 Å². The number of imidazole rings is 1. The molecule has 2 aromatic carbocycles. The van der Waals surface area contributed by atoms with Crippen LogP contribution in [0.5, 0.6) is 0 Å². The van der Waals surface area contributed by atoms with Gasteiger partial charge in [0.2, 0.25) is 5.28 Å². The van der Waals surface area contributed by atoms with Gasteiger partial charge in [0.25, 0.3) is 0 Å². The van der Waals surface area contributed by atoms with Gasteiger partial charge >= 0.3 is 0 Å². The average Bonchev–Trinajstić information content (AvgIpc) is 3.63. The summed E-state index contributed by atoms with van der Waals surface area (Å²) in [7, 11) is 0. The van der Waals surface area contributed by atoms with E-state index in [0.29, 0.717) is 23.5 Å². The molecule has 2 unspecified atom stereocenters. The molecule has 0 amide bonds. The van der Waals surface area contributed by atoms with Crippen molar-refractivity contribution < 1.29 is 19.3 Å². The van der Waals surface area contributed by atoms with Crippen molar-refractivity contribution in [2.75, 3.05) is 11.5 Å². The molecular formula is C27H26ClN5O4. The quantitative estimate of drug-likeness (QED) is 0.404. The van der Waals surface area contributed by atoms with Gasteiger partial charge in [0.05, 0.1) is 19.0 Å². The van der Waals surface area contributed by atoms with Gasteiger partial charge in [-0.3, -0.25) is 4.57 Å². The molecule has 5 atom stereocenters. The summed E-state index contributed by atoms with van der Waals surface area (Å²) < 4.78 is 20.2. The van der Waals surface area contributed by atoms with Crippen LogP contribution in [0.25, 0.3) is 11.2 Å². The third-order valence-corrected chi connectivity index (χ3v) is 7.51. The summed E-state index contributed by atoms with van der Waals surface area (Å²) in [4.78, 5) is 16.2. The Hall–Kier alpha value is -3.08. The minimum atomic E-state index is -0.789. The number of anilines is 1. The lowest BCUT2D eigenvalue weighted by atomic mass is 9.98. The zero-order chi connectivity index (χ0) is 25.3. The smallest absolute Gasteiger partial charge is 0.226 e. The third kappa shape index (κ3) is 3.65. The third-order valence-electron chi connectivity index (χ3n) is 7.34. The lowest BCUT2D eigenvalue weighted by molar-refractivity contribution is -0.199. The van der Waals surface area contributed by atoms with E-state index in [1.54, 1.807) is 6.33 Å². The Morgan fingerprint density at radius 3 is 2.59 bits per heavy atom. The van der Waals surface area contributed by atoms with Crippen molar-refractivity contribution in [3.05, 3.63) is 82.9 Å². The molecule has 0 bridgehead atoms. The number of nitrogens with zero attached hydrogens (tertiary/aromatic N) is 5. The first-order valence-electron chi connectivity index (χ1n) is 12.3. The highest BCUT2D eigenvalue weighted by molar-refractivity contribution is 6.28. The Bertz CT molecular complexity index is 1480. The summed E-state index contributed by atoms with van der Waals surface area (Å²) in [6.45, 7) is 4.19. The van der Waals surface area contributed by atoms with Crippen molar-refractivity contribution in [2.24, 2.45) is 0 Å². The summed E-state index contributed by atoms with van der Waals surface area (Å²) in [5, 5.41) is 10.0. The Balaban J connectivity index is 1.34. The molecule has 1 N–H and O–H groups in total. The lowest BCUT2D eigenvalue weighted by Gasteiger charge is -2.27. The standard InChI is InChI=1S/C27H26ClN5O4/c1-27(2)36-21-18(13-34)35-25(22(21)37-27)33-14-29-19-23(30-26(28)31-24(19)33)32-12-16-10-6-7-11-17(16)20(32)15-8-4-3-5-9-15/h3-11,14,18,20-22,25,34H,12-13H2,1-2H3/t18-,20?,21+,22?,25-/m1/s1. The summed E-state index contributed by atoms with van der Waals surface area (Å²) in [5.41, 5.74) is 4.76. The molecule has 190 valence electrons. The normalized spacial score (nSPS) is 28.1. The molecule has 9 nitrogen and oxygen atoms in total. The number of fused-ring (bicyclic) bond motifs is 3.